The molecule has 1 aromatic heterocycles. The van der Waals surface area contributed by atoms with Crippen LogP contribution in [0.15, 0.2) is 18.2 Å². The van der Waals surface area contributed by atoms with Gasteiger partial charge < -0.3 is 10.2 Å². The summed E-state index contributed by atoms with van der Waals surface area (Å²) in [5.74, 6) is -1.36. The van der Waals surface area contributed by atoms with Crippen LogP contribution in [0.3, 0.4) is 0 Å². The molecular formula is C14H17F2N5OS. The summed E-state index contributed by atoms with van der Waals surface area (Å²) < 4.78 is 26.5. The number of benzene rings is 1. The predicted molar refractivity (Wildman–Crippen MR) is 87.1 cm³/mol. The van der Waals surface area contributed by atoms with Crippen LogP contribution in [-0.4, -0.2) is 29.8 Å². The number of hydrogen-bond donors (Lipinski definition) is 2. The number of carbonyl (C=O) groups is 1. The Balaban J connectivity index is 1.95. The lowest BCUT2D eigenvalue weighted by Crippen LogP contribution is -2.20. The summed E-state index contributed by atoms with van der Waals surface area (Å²) in [5.41, 5.74) is -0.243. The van der Waals surface area contributed by atoms with Gasteiger partial charge in [0.25, 0.3) is 0 Å². The standard InChI is InChI=1S/C14H17F2N5OS/c1-3-4-7-21(2)14-20-19-13(23-14)18-12(22)17-11-8-9(15)5-6-10(11)16/h5-6,8H,3-4,7H2,1-2H3,(H2,17,18,19,22). The molecule has 2 aromatic rings. The van der Waals surface area contributed by atoms with Gasteiger partial charge >= 0.3 is 6.03 Å². The first-order chi connectivity index (χ1) is 11.0. The average molecular weight is 341 g/mol. The van der Waals surface area contributed by atoms with E-state index in [4.69, 9.17) is 0 Å². The first kappa shape index (κ1) is 17.1. The third kappa shape index (κ3) is 4.85. The number of anilines is 3. The molecule has 0 atom stereocenters. The second-order valence-electron chi connectivity index (χ2n) is 4.87. The van der Waals surface area contributed by atoms with Gasteiger partial charge in [0, 0.05) is 19.7 Å². The summed E-state index contributed by atoms with van der Waals surface area (Å²) in [6, 6.07) is 2.10. The zero-order valence-electron chi connectivity index (χ0n) is 12.8. The van der Waals surface area contributed by atoms with Crippen LogP contribution < -0.4 is 15.5 Å². The van der Waals surface area contributed by atoms with E-state index in [1.807, 2.05) is 11.9 Å². The SMILES string of the molecule is CCCCN(C)c1nnc(NC(=O)Nc2cc(F)ccc2F)s1. The van der Waals surface area contributed by atoms with Crippen molar-refractivity contribution in [1.29, 1.82) is 0 Å². The quantitative estimate of drug-likeness (QED) is 0.840. The maximum atomic E-state index is 13.5. The van der Waals surface area contributed by atoms with E-state index in [9.17, 15) is 13.6 Å². The van der Waals surface area contributed by atoms with Gasteiger partial charge in [-0.2, -0.15) is 0 Å². The lowest BCUT2D eigenvalue weighted by Gasteiger charge is -2.13. The molecule has 1 heterocycles. The number of urea groups is 1. The lowest BCUT2D eigenvalue weighted by atomic mass is 10.3. The predicted octanol–water partition coefficient (Wildman–Crippen LogP) is 3.70. The summed E-state index contributed by atoms with van der Waals surface area (Å²) in [7, 11) is 1.89. The molecule has 0 aliphatic carbocycles. The van der Waals surface area contributed by atoms with E-state index < -0.39 is 17.7 Å². The Morgan fingerprint density at radius 1 is 1.30 bits per heavy atom. The minimum Gasteiger partial charge on any atom is -0.350 e. The molecule has 2 N–H and O–H groups in total. The van der Waals surface area contributed by atoms with Crippen molar-refractivity contribution in [1.82, 2.24) is 10.2 Å². The highest BCUT2D eigenvalue weighted by Gasteiger charge is 2.12. The van der Waals surface area contributed by atoms with Gasteiger partial charge in [-0.15, -0.1) is 10.2 Å². The second-order valence-corrected chi connectivity index (χ2v) is 5.82. The molecule has 23 heavy (non-hydrogen) atoms. The van der Waals surface area contributed by atoms with Gasteiger partial charge in [0.15, 0.2) is 0 Å². The normalized spacial score (nSPS) is 10.4. The van der Waals surface area contributed by atoms with E-state index in [1.165, 1.54) is 11.3 Å². The van der Waals surface area contributed by atoms with Crippen LogP contribution in [0, 0.1) is 11.6 Å². The first-order valence-corrected chi connectivity index (χ1v) is 7.89. The molecule has 0 aliphatic rings. The Labute approximate surface area is 136 Å². The fourth-order valence-corrected chi connectivity index (χ4v) is 2.48. The van der Waals surface area contributed by atoms with Gasteiger partial charge in [0.1, 0.15) is 11.6 Å². The molecule has 2 amide bonds. The van der Waals surface area contributed by atoms with Crippen molar-refractivity contribution in [2.24, 2.45) is 0 Å². The molecule has 1 aromatic carbocycles. The fraction of sp³-hybridized carbons (Fsp3) is 0.357. The maximum Gasteiger partial charge on any atom is 0.325 e. The summed E-state index contributed by atoms with van der Waals surface area (Å²) in [6.45, 7) is 2.93. The number of unbranched alkanes of at least 4 members (excludes halogenated alkanes) is 1. The second kappa shape index (κ2) is 7.82. The number of carbonyl (C=O) groups excluding carboxylic acids is 1. The van der Waals surface area contributed by atoms with Gasteiger partial charge in [0.05, 0.1) is 5.69 Å². The first-order valence-electron chi connectivity index (χ1n) is 7.07. The van der Waals surface area contributed by atoms with Crippen molar-refractivity contribution in [2.75, 3.05) is 29.1 Å². The van der Waals surface area contributed by atoms with E-state index in [-0.39, 0.29) is 10.8 Å². The minimum atomic E-state index is -0.723. The molecule has 0 saturated heterocycles. The molecule has 0 aliphatic heterocycles. The fourth-order valence-electron chi connectivity index (χ4n) is 1.76. The molecule has 0 fully saturated rings. The van der Waals surface area contributed by atoms with Crippen molar-refractivity contribution in [2.45, 2.75) is 19.8 Å². The Hall–Kier alpha value is -2.29. The van der Waals surface area contributed by atoms with Crippen LogP contribution >= 0.6 is 11.3 Å². The summed E-state index contributed by atoms with van der Waals surface area (Å²) in [6.07, 6.45) is 2.09. The van der Waals surface area contributed by atoms with Crippen molar-refractivity contribution >= 4 is 33.3 Å². The number of amides is 2. The highest BCUT2D eigenvalue weighted by atomic mass is 32.1. The Kier molecular flexibility index (Phi) is 5.80. The molecule has 0 bridgehead atoms. The molecule has 6 nitrogen and oxygen atoms in total. The largest absolute Gasteiger partial charge is 0.350 e. The Morgan fingerprint density at radius 2 is 2.09 bits per heavy atom. The van der Waals surface area contributed by atoms with Crippen LogP contribution in [-0.2, 0) is 0 Å². The van der Waals surface area contributed by atoms with Crippen LogP contribution in [0.5, 0.6) is 0 Å². The molecule has 0 unspecified atom stereocenters. The Bertz CT molecular complexity index is 679. The summed E-state index contributed by atoms with van der Waals surface area (Å²) >= 11 is 1.20. The van der Waals surface area contributed by atoms with E-state index in [0.29, 0.717) is 5.13 Å². The molecule has 9 heteroatoms. The summed E-state index contributed by atoms with van der Waals surface area (Å²) in [5, 5.41) is 13.5. The van der Waals surface area contributed by atoms with Gasteiger partial charge in [-0.05, 0) is 18.6 Å². The smallest absolute Gasteiger partial charge is 0.325 e. The highest BCUT2D eigenvalue weighted by Crippen LogP contribution is 2.23. The van der Waals surface area contributed by atoms with Crippen LogP contribution in [0.25, 0.3) is 0 Å². The van der Waals surface area contributed by atoms with E-state index >= 15 is 0 Å². The number of halogens is 2. The van der Waals surface area contributed by atoms with E-state index in [1.54, 1.807) is 0 Å². The van der Waals surface area contributed by atoms with Gasteiger partial charge in [-0.3, -0.25) is 5.32 Å². The number of nitrogens with one attached hydrogen (secondary N) is 2. The summed E-state index contributed by atoms with van der Waals surface area (Å²) in [4.78, 5) is 13.8. The molecule has 0 spiro atoms. The van der Waals surface area contributed by atoms with Crippen molar-refractivity contribution in [3.63, 3.8) is 0 Å². The zero-order chi connectivity index (χ0) is 16.8. The molecule has 124 valence electrons. The van der Waals surface area contributed by atoms with E-state index in [2.05, 4.69) is 27.8 Å². The Morgan fingerprint density at radius 3 is 2.83 bits per heavy atom. The molecule has 0 saturated carbocycles. The van der Waals surface area contributed by atoms with Gasteiger partial charge in [-0.1, -0.05) is 24.7 Å². The van der Waals surface area contributed by atoms with E-state index in [0.717, 1.165) is 37.6 Å². The number of nitrogens with zero attached hydrogens (tertiary/aromatic N) is 3. The number of rotatable bonds is 6. The lowest BCUT2D eigenvalue weighted by molar-refractivity contribution is 0.262. The zero-order valence-corrected chi connectivity index (χ0v) is 13.6. The molecule has 2 rings (SSSR count). The monoisotopic (exact) mass is 341 g/mol. The van der Waals surface area contributed by atoms with Crippen LogP contribution in [0.4, 0.5) is 29.5 Å². The molecule has 0 radical (unpaired) electrons. The minimum absolute atomic E-state index is 0.243. The molecular weight excluding hydrogens is 324 g/mol. The van der Waals surface area contributed by atoms with Crippen molar-refractivity contribution in [3.05, 3.63) is 29.8 Å². The topological polar surface area (TPSA) is 70.2 Å². The number of aromatic nitrogens is 2. The third-order valence-electron chi connectivity index (χ3n) is 2.99. The van der Waals surface area contributed by atoms with Crippen molar-refractivity contribution in [3.8, 4) is 0 Å². The van der Waals surface area contributed by atoms with Crippen LogP contribution in [0.2, 0.25) is 0 Å². The number of hydrogen-bond acceptors (Lipinski definition) is 5. The maximum absolute atomic E-state index is 13.5. The van der Waals surface area contributed by atoms with Crippen LogP contribution in [0.1, 0.15) is 19.8 Å². The highest BCUT2D eigenvalue weighted by molar-refractivity contribution is 7.19. The van der Waals surface area contributed by atoms with Gasteiger partial charge in [-0.25, -0.2) is 13.6 Å². The van der Waals surface area contributed by atoms with Gasteiger partial charge in [0.2, 0.25) is 10.3 Å². The average Bonchev–Trinajstić information content (AvgIpc) is 2.97. The van der Waals surface area contributed by atoms with Crippen molar-refractivity contribution < 1.29 is 13.6 Å². The third-order valence-corrected chi connectivity index (χ3v) is 3.94.